The van der Waals surface area contributed by atoms with Crippen LogP contribution in [0.2, 0.25) is 0 Å². The summed E-state index contributed by atoms with van der Waals surface area (Å²) in [5, 5.41) is 0. The van der Waals surface area contributed by atoms with E-state index in [4.69, 9.17) is 9.15 Å². The number of aryl methyl sites for hydroxylation is 1. The van der Waals surface area contributed by atoms with Crippen molar-refractivity contribution in [1.29, 1.82) is 0 Å². The summed E-state index contributed by atoms with van der Waals surface area (Å²) < 4.78 is 10.0. The smallest absolute Gasteiger partial charge is 0.273 e. The van der Waals surface area contributed by atoms with E-state index in [9.17, 15) is 9.59 Å². The number of carbonyl (C=O) groups excluding carboxylic acids is 2. The lowest BCUT2D eigenvalue weighted by Gasteiger charge is -2.07. The average molecular weight is 288 g/mol. The van der Waals surface area contributed by atoms with E-state index in [1.165, 1.54) is 12.3 Å². The fourth-order valence-corrected chi connectivity index (χ4v) is 1.79. The summed E-state index contributed by atoms with van der Waals surface area (Å²) in [5.41, 5.74) is 6.48. The summed E-state index contributed by atoms with van der Waals surface area (Å²) in [6.07, 6.45) is 1.42. The molecule has 2 N–H and O–H groups in total. The van der Waals surface area contributed by atoms with Crippen LogP contribution in [-0.2, 0) is 11.3 Å². The maximum atomic E-state index is 11.9. The third-order valence-electron chi connectivity index (χ3n) is 2.92. The van der Waals surface area contributed by atoms with Gasteiger partial charge in [0.15, 0.2) is 0 Å². The van der Waals surface area contributed by atoms with E-state index in [2.05, 4.69) is 10.9 Å². The minimum atomic E-state index is -0.425. The second kappa shape index (κ2) is 6.71. The first-order valence-electron chi connectivity index (χ1n) is 6.34. The van der Waals surface area contributed by atoms with E-state index in [0.29, 0.717) is 23.5 Å². The molecule has 110 valence electrons. The molecule has 1 aromatic heterocycles. The maximum absolute atomic E-state index is 11.9. The van der Waals surface area contributed by atoms with Crippen molar-refractivity contribution in [2.75, 3.05) is 7.11 Å². The highest BCUT2D eigenvalue weighted by atomic mass is 16.5. The zero-order valence-electron chi connectivity index (χ0n) is 11.8. The molecule has 1 heterocycles. The van der Waals surface area contributed by atoms with E-state index >= 15 is 0 Å². The number of methoxy groups -OCH3 is 1. The lowest BCUT2D eigenvalue weighted by atomic mass is 10.1. The SMILES string of the molecule is COCc1ccc(C(=O)NNC(=O)c2ccoc2C)cc1. The van der Waals surface area contributed by atoms with Gasteiger partial charge in [0.25, 0.3) is 11.8 Å². The predicted molar refractivity (Wildman–Crippen MR) is 75.5 cm³/mol. The van der Waals surface area contributed by atoms with Gasteiger partial charge in [-0.05, 0) is 30.7 Å². The number of hydrogen-bond acceptors (Lipinski definition) is 4. The molecule has 0 saturated heterocycles. The quantitative estimate of drug-likeness (QED) is 0.841. The van der Waals surface area contributed by atoms with Crippen molar-refractivity contribution in [2.45, 2.75) is 13.5 Å². The van der Waals surface area contributed by atoms with Crippen molar-refractivity contribution in [3.05, 3.63) is 59.0 Å². The van der Waals surface area contributed by atoms with E-state index in [1.54, 1.807) is 38.3 Å². The molecular formula is C15H16N2O4. The highest BCUT2D eigenvalue weighted by molar-refractivity contribution is 5.99. The summed E-state index contributed by atoms with van der Waals surface area (Å²) in [6, 6.07) is 8.45. The van der Waals surface area contributed by atoms with Crippen LogP contribution < -0.4 is 10.9 Å². The van der Waals surface area contributed by atoms with Gasteiger partial charge in [-0.25, -0.2) is 0 Å². The average Bonchev–Trinajstić information content (AvgIpc) is 2.92. The number of furan rings is 1. The van der Waals surface area contributed by atoms with E-state index < -0.39 is 11.8 Å². The van der Waals surface area contributed by atoms with Crippen LogP contribution in [-0.4, -0.2) is 18.9 Å². The Morgan fingerprint density at radius 2 is 1.76 bits per heavy atom. The second-order valence-corrected chi connectivity index (χ2v) is 4.43. The summed E-state index contributed by atoms with van der Waals surface area (Å²) in [4.78, 5) is 23.7. The lowest BCUT2D eigenvalue weighted by Crippen LogP contribution is -2.41. The van der Waals surface area contributed by atoms with Crippen molar-refractivity contribution >= 4 is 11.8 Å². The Balaban J connectivity index is 1.92. The summed E-state index contributed by atoms with van der Waals surface area (Å²) >= 11 is 0. The maximum Gasteiger partial charge on any atom is 0.273 e. The molecule has 0 aliphatic carbocycles. The number of nitrogens with one attached hydrogen (secondary N) is 2. The molecule has 0 unspecified atom stereocenters. The number of hydrazine groups is 1. The van der Waals surface area contributed by atoms with Gasteiger partial charge in [0.1, 0.15) is 5.76 Å². The number of ether oxygens (including phenoxy) is 1. The standard InChI is InChI=1S/C15H16N2O4/c1-10-13(7-8-21-10)15(19)17-16-14(18)12-5-3-11(4-6-12)9-20-2/h3-8H,9H2,1-2H3,(H,16,18)(H,17,19). The Morgan fingerprint density at radius 1 is 1.10 bits per heavy atom. The fourth-order valence-electron chi connectivity index (χ4n) is 1.79. The summed E-state index contributed by atoms with van der Waals surface area (Å²) in [5.74, 6) is -0.329. The zero-order chi connectivity index (χ0) is 15.2. The molecule has 0 aliphatic heterocycles. The van der Waals surface area contributed by atoms with Crippen LogP contribution in [0.1, 0.15) is 32.0 Å². The number of hydrogen-bond donors (Lipinski definition) is 2. The van der Waals surface area contributed by atoms with Gasteiger partial charge in [-0.1, -0.05) is 12.1 Å². The first-order chi connectivity index (χ1) is 10.1. The van der Waals surface area contributed by atoms with Gasteiger partial charge in [0.05, 0.1) is 18.4 Å². The Hall–Kier alpha value is -2.60. The minimum absolute atomic E-state index is 0.380. The summed E-state index contributed by atoms with van der Waals surface area (Å²) in [7, 11) is 1.61. The van der Waals surface area contributed by atoms with Crippen molar-refractivity contribution in [3.63, 3.8) is 0 Å². The molecule has 1 aromatic carbocycles. The molecule has 21 heavy (non-hydrogen) atoms. The largest absolute Gasteiger partial charge is 0.469 e. The first-order valence-corrected chi connectivity index (χ1v) is 6.34. The van der Waals surface area contributed by atoms with Crippen LogP contribution in [0, 0.1) is 6.92 Å². The van der Waals surface area contributed by atoms with Gasteiger partial charge in [-0.3, -0.25) is 20.4 Å². The number of amides is 2. The van der Waals surface area contributed by atoms with Crippen LogP contribution in [0.5, 0.6) is 0 Å². The molecule has 2 aromatic rings. The van der Waals surface area contributed by atoms with E-state index in [0.717, 1.165) is 5.56 Å². The first kappa shape index (κ1) is 14.8. The van der Waals surface area contributed by atoms with Gasteiger partial charge < -0.3 is 9.15 Å². The van der Waals surface area contributed by atoms with Crippen molar-refractivity contribution in [1.82, 2.24) is 10.9 Å². The molecule has 0 radical (unpaired) electrons. The van der Waals surface area contributed by atoms with Crippen molar-refractivity contribution < 1.29 is 18.7 Å². The van der Waals surface area contributed by atoms with Gasteiger partial charge in [-0.15, -0.1) is 0 Å². The minimum Gasteiger partial charge on any atom is -0.469 e. The monoisotopic (exact) mass is 288 g/mol. The highest BCUT2D eigenvalue weighted by Crippen LogP contribution is 2.08. The zero-order valence-corrected chi connectivity index (χ0v) is 11.8. The molecule has 6 nitrogen and oxygen atoms in total. The Kier molecular flexibility index (Phi) is 4.73. The van der Waals surface area contributed by atoms with Crippen molar-refractivity contribution in [3.8, 4) is 0 Å². The van der Waals surface area contributed by atoms with Gasteiger partial charge in [0.2, 0.25) is 0 Å². The van der Waals surface area contributed by atoms with Crippen LogP contribution in [0.25, 0.3) is 0 Å². The summed E-state index contributed by atoms with van der Waals surface area (Å²) in [6.45, 7) is 2.16. The second-order valence-electron chi connectivity index (χ2n) is 4.43. The molecule has 0 bridgehead atoms. The lowest BCUT2D eigenvalue weighted by molar-refractivity contribution is 0.0845. The number of rotatable bonds is 4. The Bertz CT molecular complexity index is 631. The Morgan fingerprint density at radius 3 is 2.33 bits per heavy atom. The third kappa shape index (κ3) is 3.70. The highest BCUT2D eigenvalue weighted by Gasteiger charge is 2.12. The number of benzene rings is 1. The predicted octanol–water partition coefficient (Wildman–Crippen LogP) is 1.81. The van der Waals surface area contributed by atoms with Gasteiger partial charge in [0, 0.05) is 12.7 Å². The molecule has 0 aliphatic rings. The van der Waals surface area contributed by atoms with Crippen LogP contribution in [0.4, 0.5) is 0 Å². The molecule has 0 spiro atoms. The molecule has 2 rings (SSSR count). The molecular weight excluding hydrogens is 272 g/mol. The van der Waals surface area contributed by atoms with Crippen LogP contribution >= 0.6 is 0 Å². The molecule has 0 atom stereocenters. The molecule has 2 amide bonds. The van der Waals surface area contributed by atoms with E-state index in [-0.39, 0.29) is 0 Å². The van der Waals surface area contributed by atoms with Crippen molar-refractivity contribution in [2.24, 2.45) is 0 Å². The molecule has 0 saturated carbocycles. The Labute approximate surface area is 122 Å². The third-order valence-corrected chi connectivity index (χ3v) is 2.92. The van der Waals surface area contributed by atoms with E-state index in [1.807, 2.05) is 0 Å². The van der Waals surface area contributed by atoms with Gasteiger partial charge >= 0.3 is 0 Å². The molecule has 0 fully saturated rings. The number of carbonyl (C=O) groups is 2. The molecule has 6 heteroatoms. The van der Waals surface area contributed by atoms with Crippen LogP contribution in [0.3, 0.4) is 0 Å². The normalized spacial score (nSPS) is 10.2. The fraction of sp³-hybridized carbons (Fsp3) is 0.200. The van der Waals surface area contributed by atoms with Crippen LogP contribution in [0.15, 0.2) is 41.0 Å². The topological polar surface area (TPSA) is 80.6 Å². The van der Waals surface area contributed by atoms with Gasteiger partial charge in [-0.2, -0.15) is 0 Å².